The van der Waals surface area contributed by atoms with Crippen LogP contribution in [0.15, 0.2) is 24.3 Å². The van der Waals surface area contributed by atoms with Crippen LogP contribution in [0.2, 0.25) is 0 Å². The maximum atomic E-state index is 12.0. The number of amides is 2. The van der Waals surface area contributed by atoms with Crippen LogP contribution in [0.3, 0.4) is 0 Å². The Labute approximate surface area is 142 Å². The van der Waals surface area contributed by atoms with Gasteiger partial charge in [-0.1, -0.05) is 18.2 Å². The summed E-state index contributed by atoms with van der Waals surface area (Å²) < 4.78 is 16.7. The molecule has 0 saturated carbocycles. The van der Waals surface area contributed by atoms with Crippen molar-refractivity contribution in [1.82, 2.24) is 10.6 Å². The molecule has 0 spiro atoms. The Balaban J connectivity index is 1.30. The number of hydrogen-bond donors (Lipinski definition) is 2. The fourth-order valence-corrected chi connectivity index (χ4v) is 3.07. The molecule has 2 amide bonds. The number of hydrogen-bond acceptors (Lipinski definition) is 4. The Morgan fingerprint density at radius 2 is 2.17 bits per heavy atom. The quantitative estimate of drug-likeness (QED) is 0.751. The summed E-state index contributed by atoms with van der Waals surface area (Å²) in [5, 5.41) is 5.91. The standard InChI is InChI=1S/C18H26N2O4/c21-18(19-9-4-10-22-13-14-5-3-11-23-14)20-16-8-12-24-17-7-2-1-6-15(16)17/h1-2,6-7,14,16H,3-5,8-13H2,(H2,19,20,21)/t14-,16+/m0/s1. The van der Waals surface area contributed by atoms with Crippen LogP contribution < -0.4 is 15.4 Å². The fraction of sp³-hybridized carbons (Fsp3) is 0.611. The molecule has 0 radical (unpaired) electrons. The van der Waals surface area contributed by atoms with Crippen molar-refractivity contribution in [2.75, 3.05) is 33.0 Å². The van der Waals surface area contributed by atoms with E-state index in [4.69, 9.17) is 14.2 Å². The Morgan fingerprint density at radius 1 is 1.25 bits per heavy atom. The minimum atomic E-state index is -0.143. The van der Waals surface area contributed by atoms with Gasteiger partial charge in [0.1, 0.15) is 5.75 Å². The molecule has 2 aliphatic heterocycles. The number of para-hydroxylation sites is 1. The molecular weight excluding hydrogens is 308 g/mol. The highest BCUT2D eigenvalue weighted by atomic mass is 16.5. The first kappa shape index (κ1) is 17.0. The molecule has 132 valence electrons. The van der Waals surface area contributed by atoms with Crippen LogP contribution in [-0.4, -0.2) is 45.1 Å². The third kappa shape index (κ3) is 4.85. The average Bonchev–Trinajstić information content (AvgIpc) is 3.12. The van der Waals surface area contributed by atoms with E-state index in [-0.39, 0.29) is 18.2 Å². The van der Waals surface area contributed by atoms with Gasteiger partial charge in [-0.3, -0.25) is 0 Å². The predicted octanol–water partition coefficient (Wildman–Crippen LogP) is 2.40. The van der Waals surface area contributed by atoms with E-state index in [1.807, 2.05) is 24.3 Å². The summed E-state index contributed by atoms with van der Waals surface area (Å²) in [6.45, 7) is 3.37. The molecule has 0 unspecified atom stereocenters. The number of urea groups is 1. The number of nitrogens with one attached hydrogen (secondary N) is 2. The van der Waals surface area contributed by atoms with E-state index in [0.717, 1.165) is 43.6 Å². The molecule has 6 heteroatoms. The lowest BCUT2D eigenvalue weighted by atomic mass is 10.0. The Kier molecular flexibility index (Phi) is 6.32. The fourth-order valence-electron chi connectivity index (χ4n) is 3.07. The highest BCUT2D eigenvalue weighted by molar-refractivity contribution is 5.74. The second kappa shape index (κ2) is 8.89. The monoisotopic (exact) mass is 334 g/mol. The van der Waals surface area contributed by atoms with Gasteiger partial charge in [0.2, 0.25) is 0 Å². The topological polar surface area (TPSA) is 68.8 Å². The van der Waals surface area contributed by atoms with Gasteiger partial charge in [-0.05, 0) is 25.3 Å². The normalized spacial score (nSPS) is 22.5. The van der Waals surface area contributed by atoms with Crippen LogP contribution in [0.1, 0.15) is 37.3 Å². The van der Waals surface area contributed by atoms with Gasteiger partial charge >= 0.3 is 6.03 Å². The lowest BCUT2D eigenvalue weighted by molar-refractivity contribution is 0.0167. The molecule has 0 aromatic heterocycles. The Bertz CT molecular complexity index is 532. The van der Waals surface area contributed by atoms with Gasteiger partial charge in [-0.2, -0.15) is 0 Å². The van der Waals surface area contributed by atoms with E-state index < -0.39 is 0 Å². The molecule has 1 aromatic carbocycles. The van der Waals surface area contributed by atoms with Crippen molar-refractivity contribution in [3.63, 3.8) is 0 Å². The van der Waals surface area contributed by atoms with Crippen LogP contribution in [0.5, 0.6) is 5.75 Å². The molecule has 2 N–H and O–H groups in total. The first-order valence-electron chi connectivity index (χ1n) is 8.78. The predicted molar refractivity (Wildman–Crippen MR) is 90.2 cm³/mol. The minimum Gasteiger partial charge on any atom is -0.493 e. The molecule has 24 heavy (non-hydrogen) atoms. The molecule has 6 nitrogen and oxygen atoms in total. The van der Waals surface area contributed by atoms with Crippen molar-refractivity contribution in [3.8, 4) is 5.75 Å². The van der Waals surface area contributed by atoms with Crippen molar-refractivity contribution in [2.24, 2.45) is 0 Å². The highest BCUT2D eigenvalue weighted by Crippen LogP contribution is 2.31. The van der Waals surface area contributed by atoms with Crippen molar-refractivity contribution >= 4 is 6.03 Å². The number of benzene rings is 1. The molecular formula is C18H26N2O4. The molecule has 2 aliphatic rings. The van der Waals surface area contributed by atoms with Gasteiger partial charge in [0, 0.05) is 31.7 Å². The number of carbonyl (C=O) groups excluding carboxylic acids is 1. The number of ether oxygens (including phenoxy) is 3. The molecule has 2 heterocycles. The van der Waals surface area contributed by atoms with Crippen LogP contribution in [0, 0.1) is 0 Å². The van der Waals surface area contributed by atoms with Gasteiger partial charge in [-0.25, -0.2) is 4.79 Å². The van der Waals surface area contributed by atoms with Gasteiger partial charge in [0.15, 0.2) is 0 Å². The number of fused-ring (bicyclic) bond motifs is 1. The van der Waals surface area contributed by atoms with E-state index in [1.165, 1.54) is 0 Å². The van der Waals surface area contributed by atoms with E-state index in [2.05, 4.69) is 10.6 Å². The zero-order valence-electron chi connectivity index (χ0n) is 14.0. The van der Waals surface area contributed by atoms with E-state index in [0.29, 0.717) is 26.4 Å². The van der Waals surface area contributed by atoms with Crippen LogP contribution in [-0.2, 0) is 9.47 Å². The molecule has 0 bridgehead atoms. The molecule has 0 aliphatic carbocycles. The number of carbonyl (C=O) groups is 1. The lowest BCUT2D eigenvalue weighted by Gasteiger charge is -2.26. The van der Waals surface area contributed by atoms with E-state index >= 15 is 0 Å². The van der Waals surface area contributed by atoms with Crippen molar-refractivity contribution in [1.29, 1.82) is 0 Å². The van der Waals surface area contributed by atoms with Gasteiger partial charge in [0.05, 0.1) is 25.4 Å². The first-order valence-corrected chi connectivity index (χ1v) is 8.78. The lowest BCUT2D eigenvalue weighted by Crippen LogP contribution is -2.40. The zero-order chi connectivity index (χ0) is 16.6. The maximum absolute atomic E-state index is 12.0. The van der Waals surface area contributed by atoms with E-state index in [9.17, 15) is 4.79 Å². The average molecular weight is 334 g/mol. The Morgan fingerprint density at radius 3 is 3.04 bits per heavy atom. The summed E-state index contributed by atoms with van der Waals surface area (Å²) in [6.07, 6.45) is 4.06. The summed E-state index contributed by atoms with van der Waals surface area (Å²) in [6, 6.07) is 7.70. The third-order valence-corrected chi connectivity index (χ3v) is 4.34. The first-order chi connectivity index (χ1) is 11.8. The largest absolute Gasteiger partial charge is 0.493 e. The minimum absolute atomic E-state index is 0.00529. The summed E-state index contributed by atoms with van der Waals surface area (Å²) >= 11 is 0. The zero-order valence-corrected chi connectivity index (χ0v) is 14.0. The van der Waals surface area contributed by atoms with Crippen molar-refractivity contribution < 1.29 is 19.0 Å². The molecule has 3 rings (SSSR count). The maximum Gasteiger partial charge on any atom is 0.315 e. The van der Waals surface area contributed by atoms with Gasteiger partial charge in [-0.15, -0.1) is 0 Å². The third-order valence-electron chi connectivity index (χ3n) is 4.34. The molecule has 1 aromatic rings. The molecule has 1 saturated heterocycles. The summed E-state index contributed by atoms with van der Waals surface area (Å²) in [5.74, 6) is 0.858. The van der Waals surface area contributed by atoms with Gasteiger partial charge in [0.25, 0.3) is 0 Å². The molecule has 1 fully saturated rings. The number of rotatable bonds is 7. The van der Waals surface area contributed by atoms with E-state index in [1.54, 1.807) is 0 Å². The summed E-state index contributed by atoms with van der Waals surface area (Å²) in [5.41, 5.74) is 1.04. The highest BCUT2D eigenvalue weighted by Gasteiger charge is 2.22. The summed E-state index contributed by atoms with van der Waals surface area (Å²) in [7, 11) is 0. The van der Waals surface area contributed by atoms with Crippen molar-refractivity contribution in [3.05, 3.63) is 29.8 Å². The van der Waals surface area contributed by atoms with Gasteiger partial charge < -0.3 is 24.8 Å². The summed E-state index contributed by atoms with van der Waals surface area (Å²) in [4.78, 5) is 12.0. The van der Waals surface area contributed by atoms with Crippen LogP contribution in [0.25, 0.3) is 0 Å². The van der Waals surface area contributed by atoms with Crippen LogP contribution in [0.4, 0.5) is 4.79 Å². The Hall–Kier alpha value is -1.79. The smallest absolute Gasteiger partial charge is 0.315 e. The second-order valence-electron chi connectivity index (χ2n) is 6.19. The van der Waals surface area contributed by atoms with Crippen molar-refractivity contribution in [2.45, 2.75) is 37.8 Å². The van der Waals surface area contributed by atoms with Crippen LogP contribution >= 0.6 is 0 Å². The molecule has 2 atom stereocenters. The second-order valence-corrected chi connectivity index (χ2v) is 6.19. The SMILES string of the molecule is O=C(NCCCOC[C@@H]1CCCO1)N[C@@H]1CCOc2ccccc21.